The summed E-state index contributed by atoms with van der Waals surface area (Å²) in [4.78, 5) is 22.3. The number of esters is 1. The van der Waals surface area contributed by atoms with Crippen LogP contribution < -0.4 is 5.73 Å². The van der Waals surface area contributed by atoms with Crippen molar-refractivity contribution in [2.24, 2.45) is 0 Å². The molecule has 1 aliphatic heterocycles. The van der Waals surface area contributed by atoms with Crippen molar-refractivity contribution in [3.8, 4) is 0 Å². The first-order chi connectivity index (χ1) is 9.94. The van der Waals surface area contributed by atoms with E-state index in [0.717, 1.165) is 0 Å². The van der Waals surface area contributed by atoms with Gasteiger partial charge in [-0.25, -0.2) is 0 Å². The van der Waals surface area contributed by atoms with Crippen LogP contribution in [0, 0.1) is 15.9 Å². The fourth-order valence-electron chi connectivity index (χ4n) is 2.45. The van der Waals surface area contributed by atoms with E-state index < -0.39 is 27.8 Å². The highest BCUT2D eigenvalue weighted by Gasteiger charge is 2.48. The lowest BCUT2D eigenvalue weighted by atomic mass is 9.79. The monoisotopic (exact) mass is 298 g/mol. The van der Waals surface area contributed by atoms with Crippen molar-refractivity contribution in [1.82, 2.24) is 0 Å². The molecule has 1 heterocycles. The smallest absolute Gasteiger partial charge is 0.327 e. The highest BCUT2D eigenvalue weighted by atomic mass is 19.1. The fourth-order valence-corrected chi connectivity index (χ4v) is 2.45. The summed E-state index contributed by atoms with van der Waals surface area (Å²) in [6.45, 7) is 1.92. The first kappa shape index (κ1) is 15.2. The number of ether oxygens (including phenoxy) is 2. The van der Waals surface area contributed by atoms with Gasteiger partial charge >= 0.3 is 11.7 Å². The number of carbonyl (C=O) groups is 1. The van der Waals surface area contributed by atoms with Crippen LogP contribution in [0.3, 0.4) is 0 Å². The summed E-state index contributed by atoms with van der Waals surface area (Å²) in [5.74, 6) is -1.76. The molecule has 0 aliphatic carbocycles. The summed E-state index contributed by atoms with van der Waals surface area (Å²) >= 11 is 0. The Morgan fingerprint density at radius 1 is 1.62 bits per heavy atom. The summed E-state index contributed by atoms with van der Waals surface area (Å²) in [7, 11) is 0. The third kappa shape index (κ3) is 2.42. The van der Waals surface area contributed by atoms with Crippen molar-refractivity contribution in [3.05, 3.63) is 33.6 Å². The van der Waals surface area contributed by atoms with E-state index in [1.54, 1.807) is 6.92 Å². The normalized spacial score (nSPS) is 21.2. The highest BCUT2D eigenvalue weighted by molar-refractivity contribution is 5.85. The van der Waals surface area contributed by atoms with E-state index in [-0.39, 0.29) is 37.5 Å². The number of hydrogen-bond acceptors (Lipinski definition) is 6. The van der Waals surface area contributed by atoms with Gasteiger partial charge in [0.1, 0.15) is 11.1 Å². The maximum atomic E-state index is 14.5. The molecule has 21 heavy (non-hydrogen) atoms. The number of rotatable bonds is 4. The quantitative estimate of drug-likeness (QED) is 0.391. The van der Waals surface area contributed by atoms with Gasteiger partial charge in [-0.05, 0) is 19.4 Å². The number of nitro benzene ring substituents is 1. The average molecular weight is 298 g/mol. The van der Waals surface area contributed by atoms with E-state index in [9.17, 15) is 19.3 Å². The van der Waals surface area contributed by atoms with Crippen LogP contribution >= 0.6 is 0 Å². The topological polar surface area (TPSA) is 105 Å². The number of nitrogen functional groups attached to an aromatic ring is 1. The Hall–Kier alpha value is -2.22. The summed E-state index contributed by atoms with van der Waals surface area (Å²) in [5.41, 5.74) is 2.84. The standard InChI is InChI=1S/C13H15FN2O5/c1-2-21-12(17)13(5-6-20-7-13)8-3-4-9(15)11(10(8)14)16(18)19/h3-4H,2,5-7,15H2,1H3. The lowest BCUT2D eigenvalue weighted by Crippen LogP contribution is -2.39. The van der Waals surface area contributed by atoms with Gasteiger partial charge < -0.3 is 15.2 Å². The molecule has 7 nitrogen and oxygen atoms in total. The second kappa shape index (κ2) is 5.65. The number of nitro groups is 1. The van der Waals surface area contributed by atoms with Crippen molar-refractivity contribution in [2.75, 3.05) is 25.6 Å². The Kier molecular flexibility index (Phi) is 4.08. The van der Waals surface area contributed by atoms with Gasteiger partial charge in [-0.3, -0.25) is 14.9 Å². The van der Waals surface area contributed by atoms with Gasteiger partial charge in [-0.15, -0.1) is 0 Å². The summed E-state index contributed by atoms with van der Waals surface area (Å²) in [6.07, 6.45) is 0.198. The van der Waals surface area contributed by atoms with Gasteiger partial charge in [0.15, 0.2) is 0 Å². The molecule has 0 spiro atoms. The maximum Gasteiger partial charge on any atom is 0.327 e. The molecule has 1 aromatic rings. The summed E-state index contributed by atoms with van der Waals surface area (Å²) in [5, 5.41) is 10.9. The molecule has 1 saturated heterocycles. The largest absolute Gasteiger partial charge is 0.465 e. The molecule has 8 heteroatoms. The Morgan fingerprint density at radius 3 is 2.86 bits per heavy atom. The predicted octanol–water partition coefficient (Wildman–Crippen LogP) is 1.54. The predicted molar refractivity (Wildman–Crippen MR) is 71.2 cm³/mol. The molecule has 0 radical (unpaired) electrons. The lowest BCUT2D eigenvalue weighted by Gasteiger charge is -2.25. The van der Waals surface area contributed by atoms with Crippen molar-refractivity contribution >= 4 is 17.3 Å². The minimum absolute atomic E-state index is 0.0795. The average Bonchev–Trinajstić information content (AvgIpc) is 2.89. The Labute approximate surface area is 120 Å². The molecule has 1 aliphatic rings. The number of nitrogens with two attached hydrogens (primary N) is 1. The molecule has 1 atom stereocenters. The van der Waals surface area contributed by atoms with Crippen LogP contribution in [-0.4, -0.2) is 30.7 Å². The Balaban J connectivity index is 2.59. The lowest BCUT2D eigenvalue weighted by molar-refractivity contribution is -0.386. The van der Waals surface area contributed by atoms with Gasteiger partial charge in [0.2, 0.25) is 5.82 Å². The van der Waals surface area contributed by atoms with E-state index in [2.05, 4.69) is 0 Å². The highest BCUT2D eigenvalue weighted by Crippen LogP contribution is 2.40. The van der Waals surface area contributed by atoms with Gasteiger partial charge in [-0.2, -0.15) is 4.39 Å². The molecular weight excluding hydrogens is 283 g/mol. The van der Waals surface area contributed by atoms with Crippen LogP contribution in [0.25, 0.3) is 0 Å². The van der Waals surface area contributed by atoms with Crippen molar-refractivity contribution < 1.29 is 23.6 Å². The Morgan fingerprint density at radius 2 is 2.33 bits per heavy atom. The van der Waals surface area contributed by atoms with Crippen molar-refractivity contribution in [3.63, 3.8) is 0 Å². The first-order valence-electron chi connectivity index (χ1n) is 6.42. The van der Waals surface area contributed by atoms with Crippen LogP contribution in [0.2, 0.25) is 0 Å². The molecule has 2 N–H and O–H groups in total. The maximum absolute atomic E-state index is 14.5. The third-order valence-electron chi connectivity index (χ3n) is 3.53. The van der Waals surface area contributed by atoms with E-state index >= 15 is 0 Å². The van der Waals surface area contributed by atoms with Crippen LogP contribution in [0.15, 0.2) is 12.1 Å². The first-order valence-corrected chi connectivity index (χ1v) is 6.42. The third-order valence-corrected chi connectivity index (χ3v) is 3.53. The summed E-state index contributed by atoms with van der Waals surface area (Å²) < 4.78 is 24.7. The Bertz CT molecular complexity index is 584. The molecule has 114 valence electrons. The molecule has 1 aromatic carbocycles. The molecule has 0 saturated carbocycles. The molecule has 0 amide bonds. The SMILES string of the molecule is CCOC(=O)C1(c2ccc(N)c([N+](=O)[O-])c2F)CCOC1. The number of anilines is 1. The number of carbonyl (C=O) groups excluding carboxylic acids is 1. The van der Waals surface area contributed by atoms with Crippen LogP contribution in [-0.2, 0) is 19.7 Å². The number of nitrogens with zero attached hydrogens (tertiary/aromatic N) is 1. The molecule has 2 rings (SSSR count). The van der Waals surface area contributed by atoms with E-state index in [4.69, 9.17) is 15.2 Å². The zero-order valence-corrected chi connectivity index (χ0v) is 11.4. The van der Waals surface area contributed by atoms with Gasteiger partial charge in [0, 0.05) is 12.2 Å². The minimum Gasteiger partial charge on any atom is -0.465 e. The number of benzene rings is 1. The van der Waals surface area contributed by atoms with E-state index in [1.165, 1.54) is 12.1 Å². The van der Waals surface area contributed by atoms with Gasteiger partial charge in [-0.1, -0.05) is 6.07 Å². The molecule has 1 fully saturated rings. The molecule has 1 unspecified atom stereocenters. The molecular formula is C13H15FN2O5. The van der Waals surface area contributed by atoms with Crippen molar-refractivity contribution in [2.45, 2.75) is 18.8 Å². The fraction of sp³-hybridized carbons (Fsp3) is 0.462. The summed E-state index contributed by atoms with van der Waals surface area (Å²) in [6, 6.07) is 2.50. The van der Waals surface area contributed by atoms with Crippen LogP contribution in [0.1, 0.15) is 18.9 Å². The van der Waals surface area contributed by atoms with Gasteiger partial charge in [0.05, 0.1) is 18.1 Å². The van der Waals surface area contributed by atoms with E-state index in [0.29, 0.717) is 0 Å². The molecule has 0 aromatic heterocycles. The second-order valence-corrected chi connectivity index (χ2v) is 4.73. The second-order valence-electron chi connectivity index (χ2n) is 4.73. The van der Waals surface area contributed by atoms with Gasteiger partial charge in [0.25, 0.3) is 0 Å². The van der Waals surface area contributed by atoms with Crippen molar-refractivity contribution in [1.29, 1.82) is 0 Å². The minimum atomic E-state index is -1.36. The number of halogens is 1. The van der Waals surface area contributed by atoms with E-state index in [1.807, 2.05) is 0 Å². The zero-order valence-electron chi connectivity index (χ0n) is 11.4. The van der Waals surface area contributed by atoms with Crippen LogP contribution in [0.5, 0.6) is 0 Å². The van der Waals surface area contributed by atoms with Crippen LogP contribution in [0.4, 0.5) is 15.8 Å². The number of hydrogen-bond donors (Lipinski definition) is 1. The zero-order chi connectivity index (χ0) is 15.6. The molecule has 0 bridgehead atoms.